The van der Waals surface area contributed by atoms with Crippen molar-refractivity contribution in [2.45, 2.75) is 46.0 Å². The molecule has 0 heterocycles. The van der Waals surface area contributed by atoms with Gasteiger partial charge in [0.25, 0.3) is 0 Å². The first-order valence-electron chi connectivity index (χ1n) is 5.42. The Kier molecular flexibility index (Phi) is 3.33. The van der Waals surface area contributed by atoms with Crippen LogP contribution < -0.4 is 0 Å². The molecule has 0 saturated carbocycles. The highest BCUT2D eigenvalue weighted by Crippen LogP contribution is 2.26. The zero-order chi connectivity index (χ0) is 11.6. The van der Waals surface area contributed by atoms with E-state index in [0.29, 0.717) is 0 Å². The van der Waals surface area contributed by atoms with Crippen molar-refractivity contribution in [2.24, 2.45) is 0 Å². The lowest BCUT2D eigenvalue weighted by atomic mass is 9.84. The van der Waals surface area contributed by atoms with Crippen molar-refractivity contribution in [1.29, 1.82) is 0 Å². The van der Waals surface area contributed by atoms with Gasteiger partial charge in [-0.1, -0.05) is 45.9 Å². The molecule has 0 fully saturated rings. The predicted molar refractivity (Wildman–Crippen MR) is 64.4 cm³/mol. The number of carbonyl (C=O) groups is 1. The summed E-state index contributed by atoms with van der Waals surface area (Å²) in [7, 11) is 0. The SMILES string of the molecule is Cc1cc(C(C)(C)C)ccc1C(C)C=O. The minimum Gasteiger partial charge on any atom is -0.303 e. The normalized spacial score (nSPS) is 13.7. The first-order chi connectivity index (χ1) is 6.86. The second-order valence-electron chi connectivity index (χ2n) is 5.25. The van der Waals surface area contributed by atoms with E-state index in [1.54, 1.807) is 0 Å². The summed E-state index contributed by atoms with van der Waals surface area (Å²) in [5.41, 5.74) is 3.84. The van der Waals surface area contributed by atoms with Crippen molar-refractivity contribution in [3.8, 4) is 0 Å². The Morgan fingerprint density at radius 2 is 1.87 bits per heavy atom. The Bertz CT molecular complexity index is 358. The van der Waals surface area contributed by atoms with Gasteiger partial charge in [-0.05, 0) is 29.0 Å². The van der Waals surface area contributed by atoms with Crippen LogP contribution in [0.4, 0.5) is 0 Å². The van der Waals surface area contributed by atoms with Crippen molar-refractivity contribution in [3.63, 3.8) is 0 Å². The zero-order valence-electron chi connectivity index (χ0n) is 10.3. The van der Waals surface area contributed by atoms with Crippen LogP contribution in [0.5, 0.6) is 0 Å². The fourth-order valence-corrected chi connectivity index (χ4v) is 1.73. The summed E-state index contributed by atoms with van der Waals surface area (Å²) < 4.78 is 0. The van der Waals surface area contributed by atoms with E-state index in [2.05, 4.69) is 45.9 Å². The third-order valence-corrected chi connectivity index (χ3v) is 2.83. The molecule has 0 aliphatic rings. The molecule has 0 N–H and O–H groups in total. The summed E-state index contributed by atoms with van der Waals surface area (Å²) in [5.74, 6) is -0.000909. The molecule has 1 heteroatoms. The number of aryl methyl sites for hydroxylation is 1. The fraction of sp³-hybridized carbons (Fsp3) is 0.500. The van der Waals surface area contributed by atoms with Crippen LogP contribution in [0.25, 0.3) is 0 Å². The Balaban J connectivity index is 3.14. The molecule has 1 aromatic rings. The molecular weight excluding hydrogens is 184 g/mol. The molecule has 0 radical (unpaired) electrons. The van der Waals surface area contributed by atoms with Crippen molar-refractivity contribution >= 4 is 6.29 Å². The average Bonchev–Trinajstić information content (AvgIpc) is 2.15. The highest BCUT2D eigenvalue weighted by Gasteiger charge is 2.15. The average molecular weight is 204 g/mol. The molecule has 1 aromatic carbocycles. The molecule has 1 unspecified atom stereocenters. The van der Waals surface area contributed by atoms with Gasteiger partial charge in [0.2, 0.25) is 0 Å². The van der Waals surface area contributed by atoms with Crippen molar-refractivity contribution in [2.75, 3.05) is 0 Å². The summed E-state index contributed by atoms with van der Waals surface area (Å²) in [4.78, 5) is 10.7. The first-order valence-corrected chi connectivity index (χ1v) is 5.42. The highest BCUT2D eigenvalue weighted by atomic mass is 16.1. The van der Waals surface area contributed by atoms with E-state index < -0.39 is 0 Å². The number of benzene rings is 1. The number of aldehydes is 1. The Hall–Kier alpha value is -1.11. The van der Waals surface area contributed by atoms with Gasteiger partial charge >= 0.3 is 0 Å². The zero-order valence-corrected chi connectivity index (χ0v) is 10.3. The van der Waals surface area contributed by atoms with Gasteiger partial charge < -0.3 is 4.79 Å². The first kappa shape index (κ1) is 12.0. The van der Waals surface area contributed by atoms with E-state index in [1.165, 1.54) is 11.1 Å². The van der Waals surface area contributed by atoms with Crippen LogP contribution in [0, 0.1) is 6.92 Å². The van der Waals surface area contributed by atoms with Crippen molar-refractivity contribution in [1.82, 2.24) is 0 Å². The molecule has 82 valence electrons. The van der Waals surface area contributed by atoms with Crippen LogP contribution in [-0.4, -0.2) is 6.29 Å². The van der Waals surface area contributed by atoms with E-state index in [1.807, 2.05) is 6.92 Å². The molecule has 0 aliphatic carbocycles. The molecule has 1 atom stereocenters. The molecule has 1 rings (SSSR count). The van der Waals surface area contributed by atoms with Crippen molar-refractivity contribution < 1.29 is 4.79 Å². The number of hydrogen-bond acceptors (Lipinski definition) is 1. The van der Waals surface area contributed by atoms with E-state index in [4.69, 9.17) is 0 Å². The molecule has 0 amide bonds. The summed E-state index contributed by atoms with van der Waals surface area (Å²) in [6.07, 6.45) is 0.999. The Labute approximate surface area is 92.5 Å². The number of hydrogen-bond donors (Lipinski definition) is 0. The molecule has 0 bridgehead atoms. The van der Waals surface area contributed by atoms with Crippen LogP contribution in [-0.2, 0) is 10.2 Å². The minimum atomic E-state index is -0.000909. The highest BCUT2D eigenvalue weighted by molar-refractivity contribution is 5.62. The molecule has 15 heavy (non-hydrogen) atoms. The summed E-state index contributed by atoms with van der Waals surface area (Å²) in [6, 6.07) is 6.40. The smallest absolute Gasteiger partial charge is 0.127 e. The predicted octanol–water partition coefficient (Wildman–Crippen LogP) is 3.59. The van der Waals surface area contributed by atoms with E-state index >= 15 is 0 Å². The van der Waals surface area contributed by atoms with Gasteiger partial charge in [0, 0.05) is 5.92 Å². The molecule has 1 nitrogen and oxygen atoms in total. The van der Waals surface area contributed by atoms with Gasteiger partial charge in [-0.15, -0.1) is 0 Å². The van der Waals surface area contributed by atoms with Crippen LogP contribution in [0.15, 0.2) is 18.2 Å². The maximum absolute atomic E-state index is 10.7. The second-order valence-corrected chi connectivity index (χ2v) is 5.25. The lowest BCUT2D eigenvalue weighted by Gasteiger charge is -2.21. The molecule has 0 aromatic heterocycles. The largest absolute Gasteiger partial charge is 0.303 e. The topological polar surface area (TPSA) is 17.1 Å². The van der Waals surface area contributed by atoms with E-state index in [0.717, 1.165) is 11.8 Å². The fourth-order valence-electron chi connectivity index (χ4n) is 1.73. The maximum Gasteiger partial charge on any atom is 0.127 e. The quantitative estimate of drug-likeness (QED) is 0.673. The van der Waals surface area contributed by atoms with Crippen LogP contribution in [0.1, 0.15) is 50.3 Å². The van der Waals surface area contributed by atoms with Gasteiger partial charge in [-0.25, -0.2) is 0 Å². The lowest BCUT2D eigenvalue weighted by molar-refractivity contribution is -0.108. The summed E-state index contributed by atoms with van der Waals surface area (Å²) in [5, 5.41) is 0. The van der Waals surface area contributed by atoms with Crippen LogP contribution >= 0.6 is 0 Å². The maximum atomic E-state index is 10.7. The van der Waals surface area contributed by atoms with Gasteiger partial charge in [0.1, 0.15) is 6.29 Å². The second kappa shape index (κ2) is 4.18. The van der Waals surface area contributed by atoms with E-state index in [-0.39, 0.29) is 11.3 Å². The molecule has 0 spiro atoms. The van der Waals surface area contributed by atoms with Gasteiger partial charge in [-0.3, -0.25) is 0 Å². The van der Waals surface area contributed by atoms with E-state index in [9.17, 15) is 4.79 Å². The number of carbonyl (C=O) groups excluding carboxylic acids is 1. The Morgan fingerprint density at radius 1 is 1.27 bits per heavy atom. The lowest BCUT2D eigenvalue weighted by Crippen LogP contribution is -2.12. The number of rotatable bonds is 2. The van der Waals surface area contributed by atoms with Crippen LogP contribution in [0.3, 0.4) is 0 Å². The Morgan fingerprint density at radius 3 is 2.27 bits per heavy atom. The molecule has 0 aliphatic heterocycles. The monoisotopic (exact) mass is 204 g/mol. The molecular formula is C14H20O. The van der Waals surface area contributed by atoms with Gasteiger partial charge in [-0.2, -0.15) is 0 Å². The standard InChI is InChI=1S/C14H20O/c1-10-8-12(14(3,4)5)6-7-13(10)11(2)9-15/h6-9,11H,1-5H3. The van der Waals surface area contributed by atoms with Crippen LogP contribution in [0.2, 0.25) is 0 Å². The van der Waals surface area contributed by atoms with Gasteiger partial charge in [0.05, 0.1) is 0 Å². The van der Waals surface area contributed by atoms with Crippen molar-refractivity contribution in [3.05, 3.63) is 34.9 Å². The third kappa shape index (κ3) is 2.68. The minimum absolute atomic E-state index is 0.000909. The summed E-state index contributed by atoms with van der Waals surface area (Å²) in [6.45, 7) is 10.6. The third-order valence-electron chi connectivity index (χ3n) is 2.83. The van der Waals surface area contributed by atoms with Gasteiger partial charge in [0.15, 0.2) is 0 Å². The summed E-state index contributed by atoms with van der Waals surface area (Å²) >= 11 is 0. The molecule has 0 saturated heterocycles.